The lowest BCUT2D eigenvalue weighted by molar-refractivity contribution is 0.0161. The Kier molecular flexibility index (Phi) is 9.84. The molecule has 0 spiro atoms. The van der Waals surface area contributed by atoms with E-state index in [0.717, 1.165) is 36.1 Å². The highest BCUT2D eigenvalue weighted by molar-refractivity contribution is 7.99. The minimum Gasteiger partial charge on any atom is -0.459 e. The summed E-state index contributed by atoms with van der Waals surface area (Å²) in [6.45, 7) is 4.25. The highest BCUT2D eigenvalue weighted by Gasteiger charge is 2.36. The van der Waals surface area contributed by atoms with Crippen LogP contribution in [0, 0.1) is 12.8 Å². The van der Waals surface area contributed by atoms with Crippen LogP contribution in [0.1, 0.15) is 125 Å². The van der Waals surface area contributed by atoms with Gasteiger partial charge >= 0.3 is 5.97 Å². The van der Waals surface area contributed by atoms with E-state index in [0.29, 0.717) is 21.9 Å². The number of unbranched alkanes of at least 4 members (excludes halogenated alkanes) is 5. The third-order valence-corrected chi connectivity index (χ3v) is 9.75. The zero-order chi connectivity index (χ0) is 29.6. The molecule has 220 valence electrons. The predicted molar refractivity (Wildman–Crippen MR) is 169 cm³/mol. The molecule has 0 heterocycles. The zero-order valence-electron chi connectivity index (χ0n) is 24.7. The molecule has 6 heteroatoms. The molecule has 0 bridgehead atoms. The number of ketones is 2. The molecule has 3 aromatic rings. The van der Waals surface area contributed by atoms with Crippen LogP contribution < -0.4 is 5.73 Å². The van der Waals surface area contributed by atoms with E-state index in [2.05, 4.69) is 6.92 Å². The van der Waals surface area contributed by atoms with E-state index < -0.39 is 5.97 Å². The predicted octanol–water partition coefficient (Wildman–Crippen LogP) is 8.97. The second-order valence-corrected chi connectivity index (χ2v) is 12.9. The average molecular weight is 584 g/mol. The fraction of sp³-hybridized carbons (Fsp3) is 0.417. The van der Waals surface area contributed by atoms with E-state index >= 15 is 0 Å². The van der Waals surface area contributed by atoms with Gasteiger partial charge in [-0.2, -0.15) is 0 Å². The number of anilines is 1. The van der Waals surface area contributed by atoms with Crippen molar-refractivity contribution in [1.29, 1.82) is 0 Å². The van der Waals surface area contributed by atoms with Gasteiger partial charge in [0.15, 0.2) is 11.6 Å². The van der Waals surface area contributed by atoms with Gasteiger partial charge in [-0.05, 0) is 56.7 Å². The van der Waals surface area contributed by atoms with E-state index in [-0.39, 0.29) is 40.0 Å². The molecular weight excluding hydrogens is 542 g/mol. The number of esters is 1. The second kappa shape index (κ2) is 13.7. The number of fused-ring (bicyclic) bond motifs is 2. The molecule has 0 saturated heterocycles. The van der Waals surface area contributed by atoms with E-state index in [1.165, 1.54) is 56.7 Å². The lowest BCUT2D eigenvalue weighted by atomic mass is 9.82. The van der Waals surface area contributed by atoms with Gasteiger partial charge in [0.2, 0.25) is 0 Å². The summed E-state index contributed by atoms with van der Waals surface area (Å²) < 4.78 is 6.00. The Bertz CT molecular complexity index is 1450. The van der Waals surface area contributed by atoms with Crippen LogP contribution in [0.3, 0.4) is 0 Å². The summed E-state index contributed by atoms with van der Waals surface area (Å²) >= 11 is 1.36. The maximum Gasteiger partial charge on any atom is 0.340 e. The molecule has 5 rings (SSSR count). The Morgan fingerprint density at radius 3 is 2.14 bits per heavy atom. The molecule has 3 aromatic carbocycles. The number of nitrogens with two attached hydrogens (primary N) is 1. The summed E-state index contributed by atoms with van der Waals surface area (Å²) in [5.74, 6) is -0.431. The summed E-state index contributed by atoms with van der Waals surface area (Å²) in [6.07, 6.45) is 12.7. The molecule has 1 fully saturated rings. The molecule has 0 aliphatic heterocycles. The van der Waals surface area contributed by atoms with Gasteiger partial charge in [-0.25, -0.2) is 4.79 Å². The lowest BCUT2D eigenvalue weighted by Crippen LogP contribution is -2.27. The van der Waals surface area contributed by atoms with Crippen LogP contribution in [0.4, 0.5) is 5.69 Å². The maximum absolute atomic E-state index is 13.7. The first-order valence-corrected chi connectivity index (χ1v) is 16.3. The third-order valence-electron chi connectivity index (χ3n) is 8.70. The fourth-order valence-electron chi connectivity index (χ4n) is 6.23. The average Bonchev–Trinajstić information content (AvgIpc) is 3.00. The first-order valence-electron chi connectivity index (χ1n) is 15.5. The van der Waals surface area contributed by atoms with Crippen molar-refractivity contribution in [2.75, 3.05) is 5.73 Å². The summed E-state index contributed by atoms with van der Waals surface area (Å²) in [6, 6.07) is 16.3. The molecule has 0 atom stereocenters. The largest absolute Gasteiger partial charge is 0.459 e. The zero-order valence-corrected chi connectivity index (χ0v) is 25.6. The molecule has 2 N–H and O–H groups in total. The van der Waals surface area contributed by atoms with Gasteiger partial charge in [0.1, 0.15) is 6.10 Å². The number of hydrogen-bond acceptors (Lipinski definition) is 6. The van der Waals surface area contributed by atoms with Gasteiger partial charge in [0.25, 0.3) is 0 Å². The van der Waals surface area contributed by atoms with Crippen molar-refractivity contribution in [3.63, 3.8) is 0 Å². The van der Waals surface area contributed by atoms with Crippen molar-refractivity contribution in [1.82, 2.24) is 0 Å². The standard InChI is InChI=1S/C36H41NO4S/c1-3-4-5-6-7-8-11-24-16-18-25(19-17-24)41-36(40)29-22-30(42-26-20-14-23(2)15-21-26)31-32(33(29)37)35(39)28-13-10-9-12-27(28)34(31)38/h9-10,12-15,20-22,24-25H,3-8,11,16-19,37H2,1-2H3. The number of benzene rings is 3. The Balaban J connectivity index is 1.34. The molecule has 2 aliphatic carbocycles. The Labute approximate surface area is 253 Å². The minimum absolute atomic E-state index is 0.0212. The molecular formula is C36H41NO4S. The maximum atomic E-state index is 13.7. The molecule has 0 unspecified atom stereocenters. The Morgan fingerprint density at radius 2 is 1.48 bits per heavy atom. The Hall–Kier alpha value is -3.38. The highest BCUT2D eigenvalue weighted by atomic mass is 32.2. The number of nitrogen functional groups attached to an aromatic ring is 1. The molecule has 0 amide bonds. The summed E-state index contributed by atoms with van der Waals surface area (Å²) in [7, 11) is 0. The third kappa shape index (κ3) is 6.64. The highest BCUT2D eigenvalue weighted by Crippen LogP contribution is 2.42. The van der Waals surface area contributed by atoms with Crippen molar-refractivity contribution in [2.45, 2.75) is 100 Å². The molecule has 2 aliphatic rings. The van der Waals surface area contributed by atoms with Crippen molar-refractivity contribution < 1.29 is 19.1 Å². The van der Waals surface area contributed by atoms with E-state index in [9.17, 15) is 14.4 Å². The minimum atomic E-state index is -0.528. The van der Waals surface area contributed by atoms with Gasteiger partial charge in [0.05, 0.1) is 16.8 Å². The molecule has 1 saturated carbocycles. The van der Waals surface area contributed by atoms with Gasteiger partial charge in [-0.1, -0.05) is 106 Å². The fourth-order valence-corrected chi connectivity index (χ4v) is 7.23. The van der Waals surface area contributed by atoms with Crippen LogP contribution in [0.2, 0.25) is 0 Å². The molecule has 0 radical (unpaired) electrons. The molecule has 42 heavy (non-hydrogen) atoms. The van der Waals surface area contributed by atoms with Gasteiger partial charge in [-0.15, -0.1) is 0 Å². The second-order valence-electron chi connectivity index (χ2n) is 11.8. The van der Waals surface area contributed by atoms with Crippen LogP contribution in [0.5, 0.6) is 0 Å². The van der Waals surface area contributed by atoms with Crippen LogP contribution in [0.25, 0.3) is 0 Å². The Morgan fingerprint density at radius 1 is 0.857 bits per heavy atom. The SMILES string of the molecule is CCCCCCCCC1CCC(OC(=O)c2cc(Sc3ccc(C)cc3)c3c(c2N)C(=O)c2ccccc2C3=O)CC1. The first-order chi connectivity index (χ1) is 20.4. The van der Waals surface area contributed by atoms with Crippen LogP contribution in [-0.4, -0.2) is 23.6 Å². The van der Waals surface area contributed by atoms with E-state index in [1.54, 1.807) is 30.3 Å². The number of rotatable bonds is 11. The summed E-state index contributed by atoms with van der Waals surface area (Å²) in [4.78, 5) is 42.4. The van der Waals surface area contributed by atoms with Crippen molar-refractivity contribution >= 4 is 35.0 Å². The first kappa shape index (κ1) is 30.1. The van der Waals surface area contributed by atoms with Crippen LogP contribution >= 0.6 is 11.8 Å². The van der Waals surface area contributed by atoms with Crippen molar-refractivity contribution in [3.8, 4) is 0 Å². The van der Waals surface area contributed by atoms with Gasteiger partial charge in [0, 0.05) is 26.5 Å². The number of aryl methyl sites for hydroxylation is 1. The number of hydrogen-bond donors (Lipinski definition) is 1. The number of carbonyl (C=O) groups excluding carboxylic acids is 3. The topological polar surface area (TPSA) is 86.5 Å². The normalized spacial score (nSPS) is 18.0. The smallest absolute Gasteiger partial charge is 0.340 e. The lowest BCUT2D eigenvalue weighted by Gasteiger charge is -2.29. The molecule has 0 aromatic heterocycles. The van der Waals surface area contributed by atoms with Gasteiger partial charge in [-0.3, -0.25) is 9.59 Å². The monoisotopic (exact) mass is 583 g/mol. The van der Waals surface area contributed by atoms with E-state index in [4.69, 9.17) is 10.5 Å². The summed E-state index contributed by atoms with van der Waals surface area (Å²) in [5.41, 5.74) is 8.85. The van der Waals surface area contributed by atoms with Gasteiger partial charge < -0.3 is 10.5 Å². The number of ether oxygens (including phenoxy) is 1. The van der Waals surface area contributed by atoms with Crippen LogP contribution in [-0.2, 0) is 4.74 Å². The molecule has 5 nitrogen and oxygen atoms in total. The van der Waals surface area contributed by atoms with Crippen molar-refractivity contribution in [2.24, 2.45) is 5.92 Å². The quantitative estimate of drug-likeness (QED) is 0.108. The summed E-state index contributed by atoms with van der Waals surface area (Å²) in [5, 5.41) is 0. The van der Waals surface area contributed by atoms with Crippen molar-refractivity contribution in [3.05, 3.63) is 88.0 Å². The number of carbonyl (C=O) groups is 3. The van der Waals surface area contributed by atoms with Crippen LogP contribution in [0.15, 0.2) is 64.4 Å². The van der Waals surface area contributed by atoms with E-state index in [1.807, 2.05) is 31.2 Å².